The van der Waals surface area contributed by atoms with Gasteiger partial charge in [0.05, 0.1) is 12.4 Å². The van der Waals surface area contributed by atoms with Gasteiger partial charge in [-0.25, -0.2) is 0 Å². The van der Waals surface area contributed by atoms with E-state index in [0.29, 0.717) is 18.3 Å². The molecule has 0 saturated carbocycles. The Kier molecular flexibility index (Phi) is 3.19. The maximum Gasteiger partial charge on any atom is 0.223 e. The van der Waals surface area contributed by atoms with Gasteiger partial charge >= 0.3 is 0 Å². The van der Waals surface area contributed by atoms with E-state index < -0.39 is 0 Å². The summed E-state index contributed by atoms with van der Waals surface area (Å²) in [7, 11) is 0. The van der Waals surface area contributed by atoms with Gasteiger partial charge in [-0.15, -0.1) is 0 Å². The predicted octanol–water partition coefficient (Wildman–Crippen LogP) is 1.56. The molecule has 0 bridgehead atoms. The fourth-order valence-corrected chi connectivity index (χ4v) is 1.32. The summed E-state index contributed by atoms with van der Waals surface area (Å²) < 4.78 is 12.1. The normalized spacial score (nSPS) is 10.6. The molecule has 0 fully saturated rings. The van der Waals surface area contributed by atoms with Crippen LogP contribution in [0.25, 0.3) is 0 Å². The minimum atomic E-state index is 0.301. The van der Waals surface area contributed by atoms with E-state index in [1.165, 1.54) is 0 Å². The zero-order valence-corrected chi connectivity index (χ0v) is 9.38. The average molecular weight is 222 g/mol. The highest BCUT2D eigenvalue weighted by Gasteiger charge is 2.04. The summed E-state index contributed by atoms with van der Waals surface area (Å²) in [6, 6.07) is 0. The quantitative estimate of drug-likeness (QED) is 0.768. The maximum atomic E-state index is 5.46. The van der Waals surface area contributed by atoms with Crippen molar-refractivity contribution in [1.82, 2.24) is 19.9 Å². The van der Waals surface area contributed by atoms with Crippen molar-refractivity contribution < 1.29 is 9.26 Å². The molecule has 0 aliphatic carbocycles. The Morgan fingerprint density at radius 1 is 1.50 bits per heavy atom. The van der Waals surface area contributed by atoms with Crippen LogP contribution in [0.2, 0.25) is 0 Å². The summed E-state index contributed by atoms with van der Waals surface area (Å²) in [4.78, 5) is 4.04. The molecule has 0 atom stereocenters. The van der Waals surface area contributed by atoms with Crippen LogP contribution in [-0.2, 0) is 13.2 Å². The van der Waals surface area contributed by atoms with E-state index >= 15 is 0 Å². The van der Waals surface area contributed by atoms with Crippen molar-refractivity contribution in [3.8, 4) is 5.75 Å². The molecule has 0 unspecified atom stereocenters. The Balaban J connectivity index is 1.89. The average Bonchev–Trinajstić information content (AvgIpc) is 2.85. The molecule has 0 aliphatic rings. The van der Waals surface area contributed by atoms with Crippen LogP contribution in [-0.4, -0.2) is 19.9 Å². The third kappa shape index (κ3) is 2.59. The Bertz CT molecular complexity index is 449. The van der Waals surface area contributed by atoms with E-state index in [9.17, 15) is 0 Å². The van der Waals surface area contributed by atoms with Crippen LogP contribution < -0.4 is 4.74 Å². The van der Waals surface area contributed by atoms with Gasteiger partial charge in [-0.1, -0.05) is 12.1 Å². The van der Waals surface area contributed by atoms with Crippen LogP contribution >= 0.6 is 0 Å². The Morgan fingerprint density at radius 2 is 2.38 bits per heavy atom. The van der Waals surface area contributed by atoms with Crippen LogP contribution in [0.15, 0.2) is 16.9 Å². The molecule has 2 aromatic rings. The van der Waals surface area contributed by atoms with Crippen molar-refractivity contribution in [2.24, 2.45) is 0 Å². The number of aryl methyl sites for hydroxylation is 2. The van der Waals surface area contributed by atoms with Gasteiger partial charge in [0.25, 0.3) is 0 Å². The predicted molar refractivity (Wildman–Crippen MR) is 55.9 cm³/mol. The van der Waals surface area contributed by atoms with Gasteiger partial charge in [0.15, 0.2) is 12.4 Å². The molecule has 86 valence electrons. The maximum absolute atomic E-state index is 5.46. The van der Waals surface area contributed by atoms with Crippen molar-refractivity contribution in [2.75, 3.05) is 0 Å². The van der Waals surface area contributed by atoms with Crippen molar-refractivity contribution >= 4 is 0 Å². The number of aromatic nitrogens is 4. The van der Waals surface area contributed by atoms with Crippen LogP contribution in [0, 0.1) is 6.92 Å². The highest BCUT2D eigenvalue weighted by atomic mass is 16.5. The van der Waals surface area contributed by atoms with Crippen LogP contribution in [0.5, 0.6) is 5.75 Å². The van der Waals surface area contributed by atoms with Crippen molar-refractivity contribution in [3.05, 3.63) is 24.1 Å². The van der Waals surface area contributed by atoms with E-state index in [1.54, 1.807) is 13.1 Å². The molecule has 0 aliphatic heterocycles. The first-order valence-corrected chi connectivity index (χ1v) is 5.22. The van der Waals surface area contributed by atoms with E-state index in [4.69, 9.17) is 9.26 Å². The van der Waals surface area contributed by atoms with E-state index in [1.807, 2.05) is 10.9 Å². The molecule has 2 rings (SSSR count). The Hall–Kier alpha value is -1.85. The topological polar surface area (TPSA) is 66.0 Å². The van der Waals surface area contributed by atoms with Crippen molar-refractivity contribution in [2.45, 2.75) is 33.4 Å². The molecule has 0 N–H and O–H groups in total. The summed E-state index contributed by atoms with van der Waals surface area (Å²) in [6.07, 6.45) is 4.59. The first kappa shape index (κ1) is 10.7. The Morgan fingerprint density at radius 3 is 3.06 bits per heavy atom. The molecule has 6 heteroatoms. The largest absolute Gasteiger partial charge is 0.482 e. The second kappa shape index (κ2) is 4.78. The number of rotatable bonds is 5. The molecule has 0 saturated heterocycles. The van der Waals surface area contributed by atoms with Crippen molar-refractivity contribution in [1.29, 1.82) is 0 Å². The molecule has 0 spiro atoms. The fraction of sp³-hybridized carbons (Fsp3) is 0.500. The highest BCUT2D eigenvalue weighted by molar-refractivity contribution is 5.11. The minimum absolute atomic E-state index is 0.301. The molecule has 0 radical (unpaired) electrons. The van der Waals surface area contributed by atoms with E-state index in [2.05, 4.69) is 22.2 Å². The summed E-state index contributed by atoms with van der Waals surface area (Å²) in [5, 5.41) is 7.89. The van der Waals surface area contributed by atoms with Gasteiger partial charge in [0.1, 0.15) is 0 Å². The van der Waals surface area contributed by atoms with Gasteiger partial charge in [-0.05, 0) is 6.42 Å². The summed E-state index contributed by atoms with van der Waals surface area (Å²) >= 11 is 0. The summed E-state index contributed by atoms with van der Waals surface area (Å²) in [5.41, 5.74) is 0. The lowest BCUT2D eigenvalue weighted by atomic mass is 10.5. The second-order valence-electron chi connectivity index (χ2n) is 3.46. The highest BCUT2D eigenvalue weighted by Crippen LogP contribution is 2.10. The lowest BCUT2D eigenvalue weighted by Gasteiger charge is -1.98. The molecular weight excluding hydrogens is 208 g/mol. The summed E-state index contributed by atoms with van der Waals surface area (Å²) in [5.74, 6) is 1.80. The molecule has 2 heterocycles. The molecule has 16 heavy (non-hydrogen) atoms. The van der Waals surface area contributed by atoms with Crippen LogP contribution in [0.1, 0.15) is 25.1 Å². The van der Waals surface area contributed by atoms with Crippen LogP contribution in [0.3, 0.4) is 0 Å². The molecule has 6 nitrogen and oxygen atoms in total. The lowest BCUT2D eigenvalue weighted by Crippen LogP contribution is -1.97. The molecule has 0 amide bonds. The first-order valence-electron chi connectivity index (χ1n) is 5.22. The second-order valence-corrected chi connectivity index (χ2v) is 3.46. The third-order valence-electron chi connectivity index (χ3n) is 2.00. The number of nitrogens with zero attached hydrogens (tertiary/aromatic N) is 4. The number of ether oxygens (including phenoxy) is 1. The van der Waals surface area contributed by atoms with Gasteiger partial charge in [0.2, 0.25) is 11.7 Å². The van der Waals surface area contributed by atoms with Crippen LogP contribution in [0.4, 0.5) is 0 Å². The Labute approximate surface area is 93.2 Å². The zero-order valence-electron chi connectivity index (χ0n) is 9.38. The monoisotopic (exact) mass is 222 g/mol. The van der Waals surface area contributed by atoms with Gasteiger partial charge in [-0.3, -0.25) is 4.68 Å². The molecule has 2 aromatic heterocycles. The SMILES string of the molecule is CCCn1cc(OCc2noc(C)n2)cn1. The molecule has 0 aromatic carbocycles. The van der Waals surface area contributed by atoms with Gasteiger partial charge in [-0.2, -0.15) is 10.1 Å². The van der Waals surface area contributed by atoms with Gasteiger partial charge in [0, 0.05) is 13.5 Å². The number of hydrogen-bond acceptors (Lipinski definition) is 5. The van der Waals surface area contributed by atoms with Gasteiger partial charge < -0.3 is 9.26 Å². The van der Waals surface area contributed by atoms with E-state index in [0.717, 1.165) is 18.7 Å². The van der Waals surface area contributed by atoms with E-state index in [-0.39, 0.29) is 0 Å². The number of hydrogen-bond donors (Lipinski definition) is 0. The third-order valence-corrected chi connectivity index (χ3v) is 2.00. The molecular formula is C10H14N4O2. The summed E-state index contributed by atoms with van der Waals surface area (Å²) in [6.45, 7) is 5.04. The minimum Gasteiger partial charge on any atom is -0.482 e. The first-order chi connectivity index (χ1) is 7.78. The zero-order chi connectivity index (χ0) is 11.4. The standard InChI is InChI=1S/C10H14N4O2/c1-3-4-14-6-9(5-11-14)15-7-10-12-8(2)16-13-10/h5-6H,3-4,7H2,1-2H3. The fourth-order valence-electron chi connectivity index (χ4n) is 1.32. The van der Waals surface area contributed by atoms with Crippen molar-refractivity contribution in [3.63, 3.8) is 0 Å². The smallest absolute Gasteiger partial charge is 0.223 e. The lowest BCUT2D eigenvalue weighted by molar-refractivity contribution is 0.285.